The van der Waals surface area contributed by atoms with Crippen molar-refractivity contribution in [1.82, 2.24) is 15.1 Å². The molecule has 0 saturated carbocycles. The number of rotatable bonds is 1. The number of urea groups is 1. The molecule has 1 heterocycles. The van der Waals surface area contributed by atoms with E-state index >= 15 is 0 Å². The Balaban J connectivity index is 2.54. The summed E-state index contributed by atoms with van der Waals surface area (Å²) < 4.78 is 0. The predicted molar refractivity (Wildman–Crippen MR) is 57.5 cm³/mol. The van der Waals surface area contributed by atoms with Crippen LogP contribution in [0, 0.1) is 0 Å². The minimum Gasteiger partial charge on any atom is -0.344 e. The Morgan fingerprint density at radius 1 is 1.40 bits per heavy atom. The lowest BCUT2D eigenvalue weighted by atomic mass is 10.4. The lowest BCUT2D eigenvalue weighted by molar-refractivity contribution is -0.129. The van der Waals surface area contributed by atoms with E-state index in [-0.39, 0.29) is 24.5 Å². The van der Waals surface area contributed by atoms with Crippen LogP contribution in [0.25, 0.3) is 0 Å². The van der Waals surface area contributed by atoms with Gasteiger partial charge in [-0.15, -0.1) is 0 Å². The molecule has 1 rings (SSSR count). The SMILES string of the molecule is CC(C)NC(=O)N1CCCN(C)C(=O)C1. The highest BCUT2D eigenvalue weighted by Gasteiger charge is 2.22. The van der Waals surface area contributed by atoms with Gasteiger partial charge in [-0.1, -0.05) is 0 Å². The Hall–Kier alpha value is -1.26. The third kappa shape index (κ3) is 3.42. The standard InChI is InChI=1S/C10H19N3O2/c1-8(2)11-10(15)13-6-4-5-12(3)9(14)7-13/h8H,4-7H2,1-3H3,(H,11,15). The molecule has 0 bridgehead atoms. The molecule has 0 aromatic carbocycles. The molecule has 15 heavy (non-hydrogen) atoms. The summed E-state index contributed by atoms with van der Waals surface area (Å²) in [6, 6.07) is -0.0396. The molecule has 1 aliphatic heterocycles. The van der Waals surface area contributed by atoms with Gasteiger partial charge in [0.05, 0.1) is 0 Å². The summed E-state index contributed by atoms with van der Waals surface area (Å²) in [5.41, 5.74) is 0. The van der Waals surface area contributed by atoms with Crippen LogP contribution in [0.5, 0.6) is 0 Å². The van der Waals surface area contributed by atoms with Crippen molar-refractivity contribution < 1.29 is 9.59 Å². The summed E-state index contributed by atoms with van der Waals surface area (Å²) in [6.45, 7) is 5.38. The third-order valence-electron chi connectivity index (χ3n) is 2.37. The molecule has 0 aromatic rings. The van der Waals surface area contributed by atoms with Crippen LogP contribution >= 0.6 is 0 Å². The second-order valence-electron chi connectivity index (χ2n) is 4.19. The van der Waals surface area contributed by atoms with Crippen LogP contribution in [0.15, 0.2) is 0 Å². The van der Waals surface area contributed by atoms with E-state index < -0.39 is 0 Å². The van der Waals surface area contributed by atoms with Gasteiger partial charge in [0, 0.05) is 26.2 Å². The highest BCUT2D eigenvalue weighted by molar-refractivity contribution is 5.84. The van der Waals surface area contributed by atoms with Gasteiger partial charge in [0.1, 0.15) is 6.54 Å². The first-order valence-electron chi connectivity index (χ1n) is 5.30. The van der Waals surface area contributed by atoms with E-state index in [4.69, 9.17) is 0 Å². The Kier molecular flexibility index (Phi) is 3.94. The van der Waals surface area contributed by atoms with Gasteiger partial charge in [0.25, 0.3) is 0 Å². The van der Waals surface area contributed by atoms with Gasteiger partial charge >= 0.3 is 6.03 Å². The molecule has 1 aliphatic rings. The second kappa shape index (κ2) is 5.00. The van der Waals surface area contributed by atoms with Gasteiger partial charge in [-0.05, 0) is 20.3 Å². The van der Waals surface area contributed by atoms with E-state index in [2.05, 4.69) is 5.32 Å². The number of amides is 3. The molecule has 5 heteroatoms. The number of hydrogen-bond acceptors (Lipinski definition) is 2. The second-order valence-corrected chi connectivity index (χ2v) is 4.19. The minimum atomic E-state index is -0.145. The monoisotopic (exact) mass is 213 g/mol. The number of carbonyl (C=O) groups excluding carboxylic acids is 2. The van der Waals surface area contributed by atoms with Crippen molar-refractivity contribution in [3.63, 3.8) is 0 Å². The maximum Gasteiger partial charge on any atom is 0.318 e. The fourth-order valence-corrected chi connectivity index (χ4v) is 1.50. The van der Waals surface area contributed by atoms with E-state index in [1.165, 1.54) is 0 Å². The van der Waals surface area contributed by atoms with Crippen LogP contribution in [0.4, 0.5) is 4.79 Å². The topological polar surface area (TPSA) is 52.7 Å². The fourth-order valence-electron chi connectivity index (χ4n) is 1.50. The van der Waals surface area contributed by atoms with Gasteiger partial charge in [-0.3, -0.25) is 4.79 Å². The van der Waals surface area contributed by atoms with Gasteiger partial charge in [-0.25, -0.2) is 4.79 Å². The fraction of sp³-hybridized carbons (Fsp3) is 0.800. The van der Waals surface area contributed by atoms with Gasteiger partial charge in [0.15, 0.2) is 0 Å². The van der Waals surface area contributed by atoms with Crippen LogP contribution < -0.4 is 5.32 Å². The van der Waals surface area contributed by atoms with Crippen LogP contribution in [-0.2, 0) is 4.79 Å². The largest absolute Gasteiger partial charge is 0.344 e. The molecular weight excluding hydrogens is 194 g/mol. The highest BCUT2D eigenvalue weighted by atomic mass is 16.2. The first-order valence-corrected chi connectivity index (χ1v) is 5.30. The zero-order chi connectivity index (χ0) is 11.4. The van der Waals surface area contributed by atoms with E-state index in [1.54, 1.807) is 16.8 Å². The van der Waals surface area contributed by atoms with Crippen molar-refractivity contribution in [3.05, 3.63) is 0 Å². The first-order chi connectivity index (χ1) is 7.00. The zero-order valence-electron chi connectivity index (χ0n) is 9.62. The zero-order valence-corrected chi connectivity index (χ0v) is 9.62. The molecule has 1 N–H and O–H groups in total. The molecule has 0 atom stereocenters. The molecule has 0 radical (unpaired) electrons. The number of nitrogens with zero attached hydrogens (tertiary/aromatic N) is 2. The minimum absolute atomic E-state index is 0.00593. The third-order valence-corrected chi connectivity index (χ3v) is 2.37. The molecule has 0 aromatic heterocycles. The number of likely N-dealkylation sites (N-methyl/N-ethyl adjacent to an activating group) is 1. The Morgan fingerprint density at radius 2 is 2.07 bits per heavy atom. The summed E-state index contributed by atoms with van der Waals surface area (Å²) in [6.07, 6.45) is 0.841. The average molecular weight is 213 g/mol. The summed E-state index contributed by atoms with van der Waals surface area (Å²) in [5.74, 6) is 0.00593. The summed E-state index contributed by atoms with van der Waals surface area (Å²) in [4.78, 5) is 26.4. The molecule has 0 spiro atoms. The summed E-state index contributed by atoms with van der Waals surface area (Å²) in [7, 11) is 1.77. The Bertz CT molecular complexity index is 253. The quantitative estimate of drug-likeness (QED) is 0.679. The van der Waals surface area contributed by atoms with Crippen molar-refractivity contribution in [3.8, 4) is 0 Å². The molecule has 0 aliphatic carbocycles. The van der Waals surface area contributed by atoms with E-state index in [0.29, 0.717) is 6.54 Å². The highest BCUT2D eigenvalue weighted by Crippen LogP contribution is 2.02. The molecular formula is C10H19N3O2. The van der Waals surface area contributed by atoms with Crippen molar-refractivity contribution in [2.75, 3.05) is 26.7 Å². The molecule has 0 unspecified atom stereocenters. The molecule has 5 nitrogen and oxygen atoms in total. The van der Waals surface area contributed by atoms with Gasteiger partial charge in [-0.2, -0.15) is 0 Å². The van der Waals surface area contributed by atoms with E-state index in [9.17, 15) is 9.59 Å². The molecule has 3 amide bonds. The van der Waals surface area contributed by atoms with Crippen LogP contribution in [0.3, 0.4) is 0 Å². The van der Waals surface area contributed by atoms with E-state index in [0.717, 1.165) is 13.0 Å². The maximum atomic E-state index is 11.7. The lowest BCUT2D eigenvalue weighted by Gasteiger charge is -2.21. The number of hydrogen-bond donors (Lipinski definition) is 1. The van der Waals surface area contributed by atoms with Crippen molar-refractivity contribution in [2.45, 2.75) is 26.3 Å². The lowest BCUT2D eigenvalue weighted by Crippen LogP contribution is -2.45. The van der Waals surface area contributed by atoms with Crippen molar-refractivity contribution >= 4 is 11.9 Å². The Morgan fingerprint density at radius 3 is 2.67 bits per heavy atom. The summed E-state index contributed by atoms with van der Waals surface area (Å²) >= 11 is 0. The number of carbonyl (C=O) groups is 2. The molecule has 86 valence electrons. The van der Waals surface area contributed by atoms with Crippen LogP contribution in [0.2, 0.25) is 0 Å². The predicted octanol–water partition coefficient (Wildman–Crippen LogP) is 0.269. The maximum absolute atomic E-state index is 11.7. The normalized spacial score (nSPS) is 18.0. The van der Waals surface area contributed by atoms with Crippen molar-refractivity contribution in [1.29, 1.82) is 0 Å². The first kappa shape index (κ1) is 11.8. The Labute approximate surface area is 90.4 Å². The van der Waals surface area contributed by atoms with Gasteiger partial charge in [0.2, 0.25) is 5.91 Å². The molecule has 1 saturated heterocycles. The average Bonchev–Trinajstić information content (AvgIpc) is 2.28. The molecule has 1 fully saturated rings. The van der Waals surface area contributed by atoms with Crippen LogP contribution in [0.1, 0.15) is 20.3 Å². The number of nitrogens with one attached hydrogen (secondary N) is 1. The summed E-state index contributed by atoms with van der Waals surface area (Å²) in [5, 5.41) is 2.79. The van der Waals surface area contributed by atoms with Crippen molar-refractivity contribution in [2.24, 2.45) is 0 Å². The van der Waals surface area contributed by atoms with E-state index in [1.807, 2.05) is 13.8 Å². The van der Waals surface area contributed by atoms with Gasteiger partial charge < -0.3 is 15.1 Å². The smallest absolute Gasteiger partial charge is 0.318 e. The van der Waals surface area contributed by atoms with Crippen LogP contribution in [-0.4, -0.2) is 54.5 Å².